The fourth-order valence-corrected chi connectivity index (χ4v) is 3.21. The summed E-state index contributed by atoms with van der Waals surface area (Å²) in [7, 11) is 0. The Morgan fingerprint density at radius 1 is 1.19 bits per heavy atom. The molecule has 0 saturated heterocycles. The highest BCUT2D eigenvalue weighted by Crippen LogP contribution is 2.39. The lowest BCUT2D eigenvalue weighted by atomic mass is 9.70. The van der Waals surface area contributed by atoms with Gasteiger partial charge >= 0.3 is 0 Å². The van der Waals surface area contributed by atoms with Crippen LogP contribution in [0.3, 0.4) is 0 Å². The maximum absolute atomic E-state index is 12.8. The molecule has 21 heavy (non-hydrogen) atoms. The van der Waals surface area contributed by atoms with Crippen LogP contribution in [0.4, 0.5) is 0 Å². The van der Waals surface area contributed by atoms with Crippen LogP contribution in [0.1, 0.15) is 57.1 Å². The Hall–Kier alpha value is -1.70. The highest BCUT2D eigenvalue weighted by atomic mass is 16.1. The average Bonchev–Trinajstić information content (AvgIpc) is 2.46. The summed E-state index contributed by atoms with van der Waals surface area (Å²) in [6, 6.07) is 7.66. The molecule has 1 aliphatic carbocycles. The number of rotatable bonds is 5. The van der Waals surface area contributed by atoms with E-state index in [1.165, 1.54) is 6.42 Å². The lowest BCUT2D eigenvalue weighted by molar-refractivity contribution is -0.123. The molecule has 0 amide bonds. The Balaban J connectivity index is 2.19. The van der Waals surface area contributed by atoms with Crippen LogP contribution in [0.5, 0.6) is 0 Å². The van der Waals surface area contributed by atoms with E-state index in [4.69, 9.17) is 0 Å². The van der Waals surface area contributed by atoms with E-state index in [2.05, 4.69) is 13.5 Å². The lowest BCUT2D eigenvalue weighted by Crippen LogP contribution is -2.30. The number of carbonyl (C=O) groups is 2. The zero-order valence-corrected chi connectivity index (χ0v) is 13.1. The molecular weight excluding hydrogens is 260 g/mol. The topological polar surface area (TPSA) is 34.1 Å². The van der Waals surface area contributed by atoms with Crippen molar-refractivity contribution in [1.82, 2.24) is 0 Å². The number of allylic oxidation sites excluding steroid dienone is 1. The molecule has 0 bridgehead atoms. The molecule has 2 heteroatoms. The third kappa shape index (κ3) is 3.69. The number of Topliss-reactive ketones (excluding diaryl/α,β-unsaturated/α-hetero) is 2. The second kappa shape index (κ2) is 6.38. The average molecular weight is 284 g/mol. The second-order valence-electron chi connectivity index (χ2n) is 6.51. The van der Waals surface area contributed by atoms with Gasteiger partial charge in [0.05, 0.1) is 0 Å². The Bertz CT molecular complexity index is 563. The van der Waals surface area contributed by atoms with Crippen LogP contribution in [0, 0.1) is 5.41 Å². The minimum Gasteiger partial charge on any atom is -0.300 e. The van der Waals surface area contributed by atoms with E-state index in [1.807, 2.05) is 24.3 Å². The standard InChI is InChI=1S/C19H24O2/c1-14(20)12-16-8-7-9-17(13-16)15(2)18(21)19(3)10-5-4-6-11-19/h7-9,13H,2,4-6,10-12H2,1,3H3. The predicted molar refractivity (Wildman–Crippen MR) is 86.1 cm³/mol. The van der Waals surface area contributed by atoms with Gasteiger partial charge in [0.25, 0.3) is 0 Å². The largest absolute Gasteiger partial charge is 0.300 e. The van der Waals surface area contributed by atoms with Gasteiger partial charge in [-0.1, -0.05) is 57.0 Å². The summed E-state index contributed by atoms with van der Waals surface area (Å²) < 4.78 is 0. The zero-order chi connectivity index (χ0) is 15.5. The monoisotopic (exact) mass is 284 g/mol. The predicted octanol–water partition coefficient (Wildman–Crippen LogP) is 4.37. The molecule has 0 radical (unpaired) electrons. The Labute approximate surface area is 127 Å². The first kappa shape index (κ1) is 15.7. The van der Waals surface area contributed by atoms with Gasteiger partial charge in [0, 0.05) is 17.4 Å². The SMILES string of the molecule is C=C(C(=O)C1(C)CCCCC1)c1cccc(CC(C)=O)c1. The van der Waals surface area contributed by atoms with Crippen LogP contribution in [-0.4, -0.2) is 11.6 Å². The zero-order valence-electron chi connectivity index (χ0n) is 13.1. The van der Waals surface area contributed by atoms with Crippen LogP contribution in [0.2, 0.25) is 0 Å². The van der Waals surface area contributed by atoms with Gasteiger partial charge in [-0.15, -0.1) is 0 Å². The number of carbonyl (C=O) groups excluding carboxylic acids is 2. The molecule has 1 saturated carbocycles. The Morgan fingerprint density at radius 3 is 2.48 bits per heavy atom. The van der Waals surface area contributed by atoms with Crippen molar-refractivity contribution in [3.8, 4) is 0 Å². The smallest absolute Gasteiger partial charge is 0.168 e. The summed E-state index contributed by atoms with van der Waals surface area (Å²) in [6.45, 7) is 7.68. The van der Waals surface area contributed by atoms with E-state index in [0.29, 0.717) is 12.0 Å². The first-order valence-electron chi connectivity index (χ1n) is 7.75. The molecule has 1 aliphatic rings. The number of hydrogen-bond donors (Lipinski definition) is 0. The molecule has 1 aromatic rings. The molecule has 112 valence electrons. The molecular formula is C19H24O2. The van der Waals surface area contributed by atoms with Gasteiger partial charge in [0.15, 0.2) is 5.78 Å². The molecule has 1 fully saturated rings. The molecule has 1 aromatic carbocycles. The van der Waals surface area contributed by atoms with Crippen LogP contribution < -0.4 is 0 Å². The first-order valence-corrected chi connectivity index (χ1v) is 7.75. The van der Waals surface area contributed by atoms with E-state index < -0.39 is 0 Å². The van der Waals surface area contributed by atoms with Crippen LogP contribution in [0.25, 0.3) is 5.57 Å². The van der Waals surface area contributed by atoms with Gasteiger partial charge in [0.1, 0.15) is 5.78 Å². The summed E-state index contributed by atoms with van der Waals surface area (Å²) in [4.78, 5) is 24.0. The molecule has 0 N–H and O–H groups in total. The number of ketones is 2. The summed E-state index contributed by atoms with van der Waals surface area (Å²) in [5.74, 6) is 0.297. The van der Waals surface area contributed by atoms with Crippen molar-refractivity contribution >= 4 is 17.1 Å². The van der Waals surface area contributed by atoms with Crippen molar-refractivity contribution in [3.63, 3.8) is 0 Å². The third-order valence-electron chi connectivity index (χ3n) is 4.51. The first-order chi connectivity index (χ1) is 9.92. The lowest BCUT2D eigenvalue weighted by Gasteiger charge is -2.32. The van der Waals surface area contributed by atoms with Crippen LogP contribution in [0.15, 0.2) is 30.8 Å². The minimum atomic E-state index is -0.258. The van der Waals surface area contributed by atoms with Crippen molar-refractivity contribution < 1.29 is 9.59 Å². The van der Waals surface area contributed by atoms with E-state index in [9.17, 15) is 9.59 Å². The van der Waals surface area contributed by atoms with Crippen molar-refractivity contribution in [2.45, 2.75) is 52.4 Å². The van der Waals surface area contributed by atoms with E-state index >= 15 is 0 Å². The maximum atomic E-state index is 12.8. The Kier molecular flexibility index (Phi) is 4.76. The highest BCUT2D eigenvalue weighted by Gasteiger charge is 2.35. The van der Waals surface area contributed by atoms with Crippen molar-refractivity contribution in [1.29, 1.82) is 0 Å². The fourth-order valence-electron chi connectivity index (χ4n) is 3.21. The summed E-state index contributed by atoms with van der Waals surface area (Å²) in [6.07, 6.45) is 5.80. The van der Waals surface area contributed by atoms with Crippen molar-refractivity contribution in [3.05, 3.63) is 42.0 Å². The van der Waals surface area contributed by atoms with Crippen molar-refractivity contribution in [2.24, 2.45) is 5.41 Å². The van der Waals surface area contributed by atoms with Gasteiger partial charge in [-0.2, -0.15) is 0 Å². The van der Waals surface area contributed by atoms with E-state index in [-0.39, 0.29) is 17.0 Å². The summed E-state index contributed by atoms with van der Waals surface area (Å²) in [5, 5.41) is 0. The fraction of sp³-hybridized carbons (Fsp3) is 0.474. The molecule has 2 rings (SSSR count). The van der Waals surface area contributed by atoms with Crippen LogP contribution >= 0.6 is 0 Å². The normalized spacial score (nSPS) is 17.2. The third-order valence-corrected chi connectivity index (χ3v) is 4.51. The summed E-state index contributed by atoms with van der Waals surface area (Å²) in [5.41, 5.74) is 2.13. The van der Waals surface area contributed by atoms with E-state index in [1.54, 1.807) is 6.92 Å². The molecule has 0 heterocycles. The Morgan fingerprint density at radius 2 is 1.86 bits per heavy atom. The van der Waals surface area contributed by atoms with E-state index in [0.717, 1.165) is 36.8 Å². The van der Waals surface area contributed by atoms with Crippen molar-refractivity contribution in [2.75, 3.05) is 0 Å². The second-order valence-corrected chi connectivity index (χ2v) is 6.51. The molecule has 0 aliphatic heterocycles. The van der Waals surface area contributed by atoms with Gasteiger partial charge in [0.2, 0.25) is 0 Å². The molecule has 0 atom stereocenters. The molecule has 0 unspecified atom stereocenters. The molecule has 0 spiro atoms. The van der Waals surface area contributed by atoms with Crippen LogP contribution in [-0.2, 0) is 16.0 Å². The molecule has 2 nitrogen and oxygen atoms in total. The number of hydrogen-bond acceptors (Lipinski definition) is 2. The van der Waals surface area contributed by atoms with Gasteiger partial charge in [-0.05, 0) is 30.9 Å². The minimum absolute atomic E-state index is 0.128. The van der Waals surface area contributed by atoms with Gasteiger partial charge < -0.3 is 0 Å². The maximum Gasteiger partial charge on any atom is 0.168 e. The quantitative estimate of drug-likeness (QED) is 0.752. The number of benzene rings is 1. The van der Waals surface area contributed by atoms with Gasteiger partial charge in [-0.3, -0.25) is 9.59 Å². The highest BCUT2D eigenvalue weighted by molar-refractivity contribution is 6.22. The summed E-state index contributed by atoms with van der Waals surface area (Å²) >= 11 is 0. The van der Waals surface area contributed by atoms with Gasteiger partial charge in [-0.25, -0.2) is 0 Å². The molecule has 0 aromatic heterocycles.